The zero-order chi connectivity index (χ0) is 11.6. The van der Waals surface area contributed by atoms with Crippen LogP contribution in [0.1, 0.15) is 20.8 Å². The first-order chi connectivity index (χ1) is 6.80. The normalized spacial score (nSPS) is 11.3. The SMILES string of the molecule is CC(C)(C)C(=S)Nc1ccc(Cl)cc1Br. The van der Waals surface area contributed by atoms with Crippen molar-refractivity contribution in [1.82, 2.24) is 0 Å². The third kappa shape index (κ3) is 3.74. The van der Waals surface area contributed by atoms with E-state index in [-0.39, 0.29) is 5.41 Å². The molecule has 82 valence electrons. The maximum atomic E-state index is 5.85. The Labute approximate surface area is 109 Å². The lowest BCUT2D eigenvalue weighted by Crippen LogP contribution is -2.25. The summed E-state index contributed by atoms with van der Waals surface area (Å²) in [6, 6.07) is 5.58. The summed E-state index contributed by atoms with van der Waals surface area (Å²) in [5.41, 5.74) is 0.910. The molecule has 1 N–H and O–H groups in total. The van der Waals surface area contributed by atoms with E-state index < -0.39 is 0 Å². The van der Waals surface area contributed by atoms with E-state index in [0.717, 1.165) is 15.1 Å². The van der Waals surface area contributed by atoms with E-state index >= 15 is 0 Å². The fourth-order valence-corrected chi connectivity index (χ4v) is 1.79. The molecule has 0 radical (unpaired) electrons. The first-order valence-electron chi connectivity index (χ1n) is 4.57. The number of anilines is 1. The van der Waals surface area contributed by atoms with E-state index in [4.69, 9.17) is 23.8 Å². The third-order valence-corrected chi connectivity index (χ3v) is 3.47. The molecule has 0 aliphatic heterocycles. The van der Waals surface area contributed by atoms with Gasteiger partial charge in [0.05, 0.1) is 10.7 Å². The Bertz CT molecular complexity index is 385. The molecule has 1 aromatic carbocycles. The minimum absolute atomic E-state index is 0.0333. The smallest absolute Gasteiger partial charge is 0.0851 e. The first kappa shape index (κ1) is 12.9. The Morgan fingerprint density at radius 2 is 2.00 bits per heavy atom. The van der Waals surface area contributed by atoms with Gasteiger partial charge in [-0.15, -0.1) is 0 Å². The number of benzene rings is 1. The van der Waals surface area contributed by atoms with E-state index in [2.05, 4.69) is 42.0 Å². The van der Waals surface area contributed by atoms with Crippen molar-refractivity contribution < 1.29 is 0 Å². The molecule has 4 heteroatoms. The van der Waals surface area contributed by atoms with Gasteiger partial charge in [0.15, 0.2) is 0 Å². The van der Waals surface area contributed by atoms with Gasteiger partial charge in [-0.3, -0.25) is 0 Å². The van der Waals surface area contributed by atoms with Crippen molar-refractivity contribution in [3.8, 4) is 0 Å². The number of nitrogens with one attached hydrogen (secondary N) is 1. The molecule has 0 spiro atoms. The van der Waals surface area contributed by atoms with Crippen molar-refractivity contribution in [3.05, 3.63) is 27.7 Å². The Morgan fingerprint density at radius 3 is 2.47 bits per heavy atom. The summed E-state index contributed by atoms with van der Waals surface area (Å²) in [4.78, 5) is 0.811. The predicted molar refractivity (Wildman–Crippen MR) is 74.8 cm³/mol. The fraction of sp³-hybridized carbons (Fsp3) is 0.364. The minimum Gasteiger partial charge on any atom is -0.349 e. The van der Waals surface area contributed by atoms with Crippen LogP contribution in [-0.4, -0.2) is 4.99 Å². The molecule has 0 unspecified atom stereocenters. The van der Waals surface area contributed by atoms with Gasteiger partial charge in [0, 0.05) is 14.9 Å². The molecule has 0 aliphatic carbocycles. The zero-order valence-corrected chi connectivity index (χ0v) is 12.1. The number of rotatable bonds is 1. The molecular weight excluding hydrogens is 294 g/mol. The van der Waals surface area contributed by atoms with Crippen LogP contribution in [0.4, 0.5) is 5.69 Å². The van der Waals surface area contributed by atoms with Gasteiger partial charge in [0.2, 0.25) is 0 Å². The third-order valence-electron chi connectivity index (χ3n) is 1.86. The van der Waals surface area contributed by atoms with Gasteiger partial charge >= 0.3 is 0 Å². The van der Waals surface area contributed by atoms with E-state index in [1.807, 2.05) is 18.2 Å². The molecule has 0 saturated carbocycles. The highest BCUT2D eigenvalue weighted by Gasteiger charge is 2.17. The van der Waals surface area contributed by atoms with Crippen molar-refractivity contribution in [1.29, 1.82) is 0 Å². The van der Waals surface area contributed by atoms with E-state index in [1.54, 1.807) is 0 Å². The summed E-state index contributed by atoms with van der Waals surface area (Å²) in [5.74, 6) is 0. The van der Waals surface area contributed by atoms with Gasteiger partial charge < -0.3 is 5.32 Å². The highest BCUT2D eigenvalue weighted by atomic mass is 79.9. The van der Waals surface area contributed by atoms with Crippen LogP contribution >= 0.6 is 39.7 Å². The van der Waals surface area contributed by atoms with Gasteiger partial charge in [-0.2, -0.15) is 0 Å². The predicted octanol–water partition coefficient (Wildman–Crippen LogP) is 4.89. The van der Waals surface area contributed by atoms with Gasteiger partial charge in [-0.1, -0.05) is 44.6 Å². The van der Waals surface area contributed by atoms with Crippen LogP contribution in [0.15, 0.2) is 22.7 Å². The van der Waals surface area contributed by atoms with Crippen LogP contribution in [0.5, 0.6) is 0 Å². The number of hydrogen-bond acceptors (Lipinski definition) is 1. The van der Waals surface area contributed by atoms with Crippen LogP contribution in [0, 0.1) is 5.41 Å². The van der Waals surface area contributed by atoms with E-state index in [1.165, 1.54) is 0 Å². The van der Waals surface area contributed by atoms with E-state index in [0.29, 0.717) is 5.02 Å². The fourth-order valence-electron chi connectivity index (χ4n) is 0.901. The Morgan fingerprint density at radius 1 is 1.40 bits per heavy atom. The van der Waals surface area contributed by atoms with Gasteiger partial charge in [0.25, 0.3) is 0 Å². The quantitative estimate of drug-likeness (QED) is 0.742. The van der Waals surface area contributed by atoms with Gasteiger partial charge in [-0.25, -0.2) is 0 Å². The maximum absolute atomic E-state index is 5.85. The van der Waals surface area contributed by atoms with Crippen LogP contribution in [0.3, 0.4) is 0 Å². The second kappa shape index (κ2) is 4.81. The lowest BCUT2D eigenvalue weighted by molar-refractivity contribution is 0.600. The molecular formula is C11H13BrClNS. The van der Waals surface area contributed by atoms with Crippen LogP contribution < -0.4 is 5.32 Å². The molecule has 0 fully saturated rings. The molecule has 0 saturated heterocycles. The Kier molecular flexibility index (Phi) is 4.15. The summed E-state index contributed by atoms with van der Waals surface area (Å²) >= 11 is 14.6. The van der Waals surface area contributed by atoms with Gasteiger partial charge in [0.1, 0.15) is 0 Å². The van der Waals surface area contributed by atoms with Crippen molar-refractivity contribution >= 4 is 50.4 Å². The average molecular weight is 307 g/mol. The minimum atomic E-state index is -0.0333. The maximum Gasteiger partial charge on any atom is 0.0851 e. The zero-order valence-electron chi connectivity index (χ0n) is 8.90. The molecule has 0 heterocycles. The second-order valence-electron chi connectivity index (χ2n) is 4.33. The number of hydrogen-bond donors (Lipinski definition) is 1. The van der Waals surface area contributed by atoms with Crippen LogP contribution in [0.2, 0.25) is 5.02 Å². The summed E-state index contributed by atoms with van der Waals surface area (Å²) in [5, 5.41) is 3.91. The van der Waals surface area contributed by atoms with E-state index in [9.17, 15) is 0 Å². The van der Waals surface area contributed by atoms with Gasteiger partial charge in [-0.05, 0) is 34.1 Å². The van der Waals surface area contributed by atoms with Crippen LogP contribution in [0.25, 0.3) is 0 Å². The Balaban J connectivity index is 2.87. The summed E-state index contributed by atoms with van der Waals surface area (Å²) < 4.78 is 0.918. The van der Waals surface area contributed by atoms with Crippen molar-refractivity contribution in [2.24, 2.45) is 5.41 Å². The molecule has 0 amide bonds. The topological polar surface area (TPSA) is 12.0 Å². The lowest BCUT2D eigenvalue weighted by atomic mass is 9.96. The molecule has 1 nitrogen and oxygen atoms in total. The second-order valence-corrected chi connectivity index (χ2v) is 6.03. The first-order valence-corrected chi connectivity index (χ1v) is 6.15. The molecule has 0 aliphatic rings. The summed E-state index contributed by atoms with van der Waals surface area (Å²) in [6.45, 7) is 6.23. The highest BCUT2D eigenvalue weighted by molar-refractivity contribution is 9.10. The molecule has 0 atom stereocenters. The highest BCUT2D eigenvalue weighted by Crippen LogP contribution is 2.28. The molecule has 1 rings (SSSR count). The summed E-state index contributed by atoms with van der Waals surface area (Å²) in [6.07, 6.45) is 0. The largest absolute Gasteiger partial charge is 0.349 e. The monoisotopic (exact) mass is 305 g/mol. The lowest BCUT2D eigenvalue weighted by Gasteiger charge is -2.21. The Hall–Kier alpha value is -0.120. The number of thiocarbonyl (C=S) groups is 1. The van der Waals surface area contributed by atoms with Crippen molar-refractivity contribution in [3.63, 3.8) is 0 Å². The average Bonchev–Trinajstić information content (AvgIpc) is 2.08. The molecule has 1 aromatic rings. The summed E-state index contributed by atoms with van der Waals surface area (Å²) in [7, 11) is 0. The molecule has 0 bridgehead atoms. The molecule has 15 heavy (non-hydrogen) atoms. The molecule has 0 aromatic heterocycles. The number of halogens is 2. The van der Waals surface area contributed by atoms with Crippen molar-refractivity contribution in [2.75, 3.05) is 5.32 Å². The standard InChI is InChI=1S/C11H13BrClNS/c1-11(2,3)10(15)14-9-5-4-7(13)6-8(9)12/h4-6H,1-3H3,(H,14,15). The van der Waals surface area contributed by atoms with Crippen LogP contribution in [-0.2, 0) is 0 Å². The van der Waals surface area contributed by atoms with Crippen molar-refractivity contribution in [2.45, 2.75) is 20.8 Å².